The van der Waals surface area contributed by atoms with Gasteiger partial charge in [-0.05, 0) is 32.4 Å². The van der Waals surface area contributed by atoms with E-state index in [0.717, 1.165) is 21.9 Å². The molecular weight excluding hydrogens is 494 g/mol. The van der Waals surface area contributed by atoms with E-state index in [9.17, 15) is 22.7 Å². The molecule has 2 saturated heterocycles. The molecule has 2 amide bonds. The lowest BCUT2D eigenvalue weighted by Gasteiger charge is -2.36. The fraction of sp³-hybridized carbons (Fsp3) is 0.524. The van der Waals surface area contributed by atoms with Crippen LogP contribution in [0.4, 0.5) is 34.1 Å². The summed E-state index contributed by atoms with van der Waals surface area (Å²) in [5, 5.41) is 6.95. The molecule has 2 aromatic rings. The summed E-state index contributed by atoms with van der Waals surface area (Å²) in [6.45, 7) is 2.32. The van der Waals surface area contributed by atoms with Crippen LogP contribution in [0.5, 0.6) is 0 Å². The molecule has 0 bridgehead atoms. The number of aromatic nitrogens is 1. The number of hydrogen-bond donors (Lipinski definition) is 4. The number of rotatable bonds is 5. The number of amides is 2. The van der Waals surface area contributed by atoms with Crippen LogP contribution in [0.3, 0.4) is 0 Å². The zero-order chi connectivity index (χ0) is 25.3. The Bertz CT molecular complexity index is 1140. The second-order valence-electron chi connectivity index (χ2n) is 9.08. The van der Waals surface area contributed by atoms with Crippen molar-refractivity contribution in [2.45, 2.75) is 50.2 Å². The fourth-order valence-electron chi connectivity index (χ4n) is 5.09. The molecular formula is C21H25F4N5O4S. The Morgan fingerprint density at radius 2 is 1.94 bits per heavy atom. The minimum absolute atomic E-state index is 0.0791. The van der Waals surface area contributed by atoms with Gasteiger partial charge in [-0.15, -0.1) is 10.8 Å². The van der Waals surface area contributed by atoms with Crippen LogP contribution in [0.25, 0.3) is 0 Å². The molecule has 4 atom stereocenters. The van der Waals surface area contributed by atoms with Crippen molar-refractivity contribution in [3.63, 3.8) is 0 Å². The maximum absolute atomic E-state index is 15.2. The summed E-state index contributed by atoms with van der Waals surface area (Å²) >= 11 is 0. The highest BCUT2D eigenvalue weighted by Crippen LogP contribution is 2.49. The molecule has 2 fully saturated rings. The van der Waals surface area contributed by atoms with Crippen molar-refractivity contribution in [2.24, 2.45) is 0 Å². The topological polar surface area (TPSA) is 114 Å². The van der Waals surface area contributed by atoms with Crippen molar-refractivity contribution in [2.75, 3.05) is 29.1 Å². The molecule has 1 aromatic carbocycles. The summed E-state index contributed by atoms with van der Waals surface area (Å²) in [7, 11) is -3.43. The number of nitrogens with zero attached hydrogens (tertiary/aromatic N) is 3. The van der Waals surface area contributed by atoms with Gasteiger partial charge in [-0.2, -0.15) is 0 Å². The molecule has 0 saturated carbocycles. The smallest absolute Gasteiger partial charge is 0.326 e. The van der Waals surface area contributed by atoms with Crippen LogP contribution in [0.15, 0.2) is 22.7 Å². The first-order valence-electron chi connectivity index (χ1n) is 11.1. The van der Waals surface area contributed by atoms with E-state index in [0.29, 0.717) is 0 Å². The Kier molecular flexibility index (Phi) is 5.69. The van der Waals surface area contributed by atoms with Crippen molar-refractivity contribution in [3.05, 3.63) is 41.0 Å². The van der Waals surface area contributed by atoms with Crippen LogP contribution < -0.4 is 14.9 Å². The molecule has 1 aromatic heterocycles. The quantitative estimate of drug-likeness (QED) is 0.438. The number of urea groups is 1. The molecule has 4 N–H and O–H groups in total. The lowest BCUT2D eigenvalue weighted by Crippen LogP contribution is -2.50. The maximum Gasteiger partial charge on any atom is 0.326 e. The van der Waals surface area contributed by atoms with Crippen molar-refractivity contribution >= 4 is 28.5 Å². The summed E-state index contributed by atoms with van der Waals surface area (Å²) in [6, 6.07) is -0.725. The average molecular weight is 520 g/mol. The number of carbonyl (C=O) groups is 1. The molecule has 0 spiro atoms. The molecule has 5 rings (SSSR count). The number of hydrogen-bond acceptors (Lipinski definition) is 7. The molecule has 192 valence electrons. The van der Waals surface area contributed by atoms with Crippen molar-refractivity contribution in [1.82, 2.24) is 14.8 Å². The molecule has 14 heteroatoms. The Morgan fingerprint density at radius 3 is 2.57 bits per heavy atom. The van der Waals surface area contributed by atoms with E-state index in [1.54, 1.807) is 6.92 Å². The highest BCUT2D eigenvalue weighted by molar-refractivity contribution is 8.22. The third-order valence-electron chi connectivity index (χ3n) is 6.86. The number of nitrogens with one attached hydrogen (secondary N) is 2. The lowest BCUT2D eigenvalue weighted by atomic mass is 9.83. The van der Waals surface area contributed by atoms with Gasteiger partial charge in [0.15, 0.2) is 5.82 Å². The molecule has 0 aliphatic carbocycles. The second-order valence-corrected chi connectivity index (χ2v) is 11.2. The number of fused-ring (bicyclic) bond motifs is 2. The second kappa shape index (κ2) is 8.25. The summed E-state index contributed by atoms with van der Waals surface area (Å²) < 4.78 is 87.1. The zero-order valence-corrected chi connectivity index (χ0v) is 19.7. The number of carbonyl (C=O) groups excluding carboxylic acids is 1. The van der Waals surface area contributed by atoms with Gasteiger partial charge >= 0.3 is 6.03 Å². The molecule has 35 heavy (non-hydrogen) atoms. The average Bonchev–Trinajstić information content (AvgIpc) is 3.40. The van der Waals surface area contributed by atoms with Crippen molar-refractivity contribution in [1.29, 1.82) is 0 Å². The summed E-state index contributed by atoms with van der Waals surface area (Å²) in [5.74, 6) is -6.00. The third kappa shape index (κ3) is 3.82. The number of benzene rings is 1. The fourth-order valence-corrected chi connectivity index (χ4v) is 5.94. The van der Waals surface area contributed by atoms with E-state index in [2.05, 4.69) is 15.2 Å². The third-order valence-corrected chi connectivity index (χ3v) is 8.33. The summed E-state index contributed by atoms with van der Waals surface area (Å²) in [6.07, 6.45) is 0.255. The molecule has 4 heterocycles. The van der Waals surface area contributed by atoms with Gasteiger partial charge in [-0.3, -0.25) is 14.0 Å². The SMILES string of the molecule is CCS(O)(O)N[C@@H]1CN2C(=O)N(c3noc4c3C(c3c(F)cccc3F)CC(C)N4)C[C@@H]2C1(F)F. The Balaban J connectivity index is 1.49. The van der Waals surface area contributed by atoms with E-state index in [1.165, 1.54) is 13.0 Å². The van der Waals surface area contributed by atoms with Gasteiger partial charge in [-0.1, -0.05) is 11.2 Å². The van der Waals surface area contributed by atoms with Gasteiger partial charge in [0.05, 0.1) is 12.1 Å². The minimum atomic E-state index is -3.48. The molecule has 9 nitrogen and oxygen atoms in total. The van der Waals surface area contributed by atoms with Gasteiger partial charge in [0, 0.05) is 29.8 Å². The Morgan fingerprint density at radius 1 is 1.26 bits per heavy atom. The number of halogens is 4. The van der Waals surface area contributed by atoms with Crippen LogP contribution >= 0.6 is 10.8 Å². The van der Waals surface area contributed by atoms with Crippen LogP contribution in [0.2, 0.25) is 0 Å². The van der Waals surface area contributed by atoms with Crippen LogP contribution in [0, 0.1) is 11.6 Å². The normalized spacial score (nSPS) is 28.2. The first-order valence-corrected chi connectivity index (χ1v) is 12.8. The molecule has 3 aliphatic rings. The van der Waals surface area contributed by atoms with Gasteiger partial charge in [0.2, 0.25) is 5.88 Å². The van der Waals surface area contributed by atoms with Crippen LogP contribution in [0.1, 0.15) is 37.3 Å². The first-order chi connectivity index (χ1) is 16.4. The van der Waals surface area contributed by atoms with Crippen LogP contribution in [-0.4, -0.2) is 68.1 Å². The van der Waals surface area contributed by atoms with Gasteiger partial charge in [0.1, 0.15) is 23.7 Å². The Labute approximate surface area is 199 Å². The van der Waals surface area contributed by atoms with Gasteiger partial charge in [-0.25, -0.2) is 27.1 Å². The first kappa shape index (κ1) is 24.2. The largest absolute Gasteiger partial charge is 0.351 e. The Hall–Kier alpha value is -2.55. The van der Waals surface area contributed by atoms with E-state index in [4.69, 9.17) is 4.52 Å². The number of alkyl halides is 2. The number of anilines is 2. The zero-order valence-electron chi connectivity index (χ0n) is 18.8. The van der Waals surface area contributed by atoms with Crippen LogP contribution in [-0.2, 0) is 0 Å². The highest BCUT2D eigenvalue weighted by Gasteiger charge is 2.63. The highest BCUT2D eigenvalue weighted by atomic mass is 32.3. The minimum Gasteiger partial charge on any atom is -0.351 e. The maximum atomic E-state index is 15.2. The van der Waals surface area contributed by atoms with E-state index < -0.39 is 65.5 Å². The lowest BCUT2D eigenvalue weighted by molar-refractivity contribution is -0.0330. The van der Waals surface area contributed by atoms with E-state index >= 15 is 8.78 Å². The summed E-state index contributed by atoms with van der Waals surface area (Å²) in [4.78, 5) is 15.2. The van der Waals surface area contributed by atoms with Crippen molar-refractivity contribution in [3.8, 4) is 0 Å². The molecule has 0 radical (unpaired) electrons. The summed E-state index contributed by atoms with van der Waals surface area (Å²) in [5.41, 5.74) is 0.0119. The predicted molar refractivity (Wildman–Crippen MR) is 121 cm³/mol. The van der Waals surface area contributed by atoms with Gasteiger partial charge in [0.25, 0.3) is 5.92 Å². The monoisotopic (exact) mass is 519 g/mol. The molecule has 3 aliphatic heterocycles. The van der Waals surface area contributed by atoms with Crippen molar-refractivity contribution < 1.29 is 36.0 Å². The molecule has 2 unspecified atom stereocenters. The standard InChI is InChI=1S/C21H25F4N5O4S/c1-3-35(32,33)28-14-8-29-15(21(14,24)25)9-30(20(29)31)18-17-11(7-10(2)26-19(17)34-27-18)16-12(22)5-4-6-13(16)23/h4-6,10-11,14-15,26,28,32-33H,3,7-9H2,1-2H3/t10?,11?,14-,15-/m1/s1. The van der Waals surface area contributed by atoms with E-state index in [1.807, 2.05) is 0 Å². The predicted octanol–water partition coefficient (Wildman–Crippen LogP) is 4.19. The van der Waals surface area contributed by atoms with Gasteiger partial charge < -0.3 is 14.7 Å². The van der Waals surface area contributed by atoms with E-state index in [-0.39, 0.29) is 41.0 Å².